The van der Waals surface area contributed by atoms with Gasteiger partial charge in [0.1, 0.15) is 5.76 Å². The number of aromatic nitrogens is 3. The SMILES string of the molecule is CC(C)(C)c1cc(-c2nnc(C3CCCCCC3)o2)no1. The summed E-state index contributed by atoms with van der Waals surface area (Å²) >= 11 is 0. The number of hydrogen-bond donors (Lipinski definition) is 0. The average molecular weight is 289 g/mol. The van der Waals surface area contributed by atoms with E-state index in [1.54, 1.807) is 0 Å². The lowest BCUT2D eigenvalue weighted by Crippen LogP contribution is -2.09. The van der Waals surface area contributed by atoms with Gasteiger partial charge in [0.15, 0.2) is 5.69 Å². The predicted molar refractivity (Wildman–Crippen MR) is 78.9 cm³/mol. The van der Waals surface area contributed by atoms with E-state index in [9.17, 15) is 0 Å². The summed E-state index contributed by atoms with van der Waals surface area (Å²) in [5.41, 5.74) is 0.558. The van der Waals surface area contributed by atoms with Crippen molar-refractivity contribution in [2.75, 3.05) is 0 Å². The Morgan fingerprint density at radius 1 is 1.05 bits per heavy atom. The molecular weight excluding hydrogens is 266 g/mol. The third-order valence-corrected chi connectivity index (χ3v) is 4.11. The van der Waals surface area contributed by atoms with Crippen LogP contribution in [0, 0.1) is 0 Å². The van der Waals surface area contributed by atoms with Crippen LogP contribution in [-0.2, 0) is 5.41 Å². The summed E-state index contributed by atoms with van der Waals surface area (Å²) in [5, 5.41) is 12.4. The first-order chi connectivity index (χ1) is 10.0. The lowest BCUT2D eigenvalue weighted by Gasteiger charge is -2.11. The molecule has 2 aromatic heterocycles. The fraction of sp³-hybridized carbons (Fsp3) is 0.688. The standard InChI is InChI=1S/C16H23N3O2/c1-16(2,3)13-10-12(19-21-13)15-18-17-14(20-15)11-8-6-4-5-7-9-11/h10-11H,4-9H2,1-3H3. The van der Waals surface area contributed by atoms with Crippen molar-refractivity contribution in [3.05, 3.63) is 17.7 Å². The van der Waals surface area contributed by atoms with Gasteiger partial charge in [0.25, 0.3) is 5.89 Å². The molecule has 0 saturated heterocycles. The largest absolute Gasteiger partial charge is 0.419 e. The van der Waals surface area contributed by atoms with Gasteiger partial charge < -0.3 is 8.94 Å². The van der Waals surface area contributed by atoms with Gasteiger partial charge in [-0.25, -0.2) is 0 Å². The molecule has 1 aliphatic carbocycles. The Balaban J connectivity index is 1.79. The van der Waals surface area contributed by atoms with E-state index in [0.717, 1.165) is 24.5 Å². The van der Waals surface area contributed by atoms with Crippen LogP contribution in [0.2, 0.25) is 0 Å². The molecular formula is C16H23N3O2. The zero-order valence-electron chi connectivity index (χ0n) is 13.1. The Hall–Kier alpha value is -1.65. The van der Waals surface area contributed by atoms with Crippen LogP contribution >= 0.6 is 0 Å². The Morgan fingerprint density at radius 2 is 1.76 bits per heavy atom. The summed E-state index contributed by atoms with van der Waals surface area (Å²) in [5.74, 6) is 2.45. The number of hydrogen-bond acceptors (Lipinski definition) is 5. The smallest absolute Gasteiger partial charge is 0.269 e. The minimum atomic E-state index is -0.0740. The minimum absolute atomic E-state index is 0.0740. The van der Waals surface area contributed by atoms with Crippen molar-refractivity contribution in [2.24, 2.45) is 0 Å². The van der Waals surface area contributed by atoms with Crippen LogP contribution in [0.25, 0.3) is 11.6 Å². The Bertz CT molecular complexity index is 587. The van der Waals surface area contributed by atoms with Gasteiger partial charge in [0, 0.05) is 17.4 Å². The topological polar surface area (TPSA) is 65.0 Å². The molecule has 0 amide bonds. The first kappa shape index (κ1) is 14.3. The van der Waals surface area contributed by atoms with Gasteiger partial charge in [-0.2, -0.15) is 0 Å². The first-order valence-electron chi connectivity index (χ1n) is 7.85. The summed E-state index contributed by atoms with van der Waals surface area (Å²) in [6, 6.07) is 1.89. The van der Waals surface area contributed by atoms with Crippen molar-refractivity contribution in [1.29, 1.82) is 0 Å². The Kier molecular flexibility index (Phi) is 3.83. The second-order valence-corrected chi connectivity index (χ2v) is 6.96. The normalized spacial score (nSPS) is 17.9. The zero-order chi connectivity index (χ0) is 14.9. The number of nitrogens with zero attached hydrogens (tertiary/aromatic N) is 3. The van der Waals surface area contributed by atoms with E-state index >= 15 is 0 Å². The lowest BCUT2D eigenvalue weighted by atomic mass is 9.93. The molecule has 1 saturated carbocycles. The highest BCUT2D eigenvalue weighted by atomic mass is 16.5. The van der Waals surface area contributed by atoms with E-state index in [4.69, 9.17) is 8.94 Å². The van der Waals surface area contributed by atoms with Crippen LogP contribution in [0.1, 0.15) is 76.9 Å². The van der Waals surface area contributed by atoms with Crippen LogP contribution in [0.3, 0.4) is 0 Å². The highest BCUT2D eigenvalue weighted by Gasteiger charge is 2.24. The second-order valence-electron chi connectivity index (χ2n) is 6.96. The molecule has 2 aromatic rings. The average Bonchev–Trinajstić information content (AvgIpc) is 3.02. The lowest BCUT2D eigenvalue weighted by molar-refractivity contribution is 0.329. The molecule has 0 unspecified atom stereocenters. The van der Waals surface area contributed by atoms with E-state index in [0.29, 0.717) is 17.5 Å². The van der Waals surface area contributed by atoms with Crippen LogP contribution in [-0.4, -0.2) is 15.4 Å². The summed E-state index contributed by atoms with van der Waals surface area (Å²) in [6.07, 6.45) is 7.42. The van der Waals surface area contributed by atoms with Gasteiger partial charge in [-0.05, 0) is 12.8 Å². The monoisotopic (exact) mass is 289 g/mol. The van der Waals surface area contributed by atoms with Crippen molar-refractivity contribution in [1.82, 2.24) is 15.4 Å². The predicted octanol–water partition coefficient (Wildman–Crippen LogP) is 4.46. The van der Waals surface area contributed by atoms with Gasteiger partial charge in [-0.1, -0.05) is 51.6 Å². The number of rotatable bonds is 2. The van der Waals surface area contributed by atoms with Crippen LogP contribution in [0.15, 0.2) is 15.0 Å². The van der Waals surface area contributed by atoms with Gasteiger partial charge in [-0.3, -0.25) is 0 Å². The maximum absolute atomic E-state index is 5.85. The van der Waals surface area contributed by atoms with E-state index in [1.165, 1.54) is 25.7 Å². The molecule has 0 atom stereocenters. The molecule has 0 aliphatic heterocycles. The van der Waals surface area contributed by atoms with Gasteiger partial charge in [-0.15, -0.1) is 10.2 Å². The molecule has 0 N–H and O–H groups in total. The summed E-state index contributed by atoms with van der Waals surface area (Å²) in [6.45, 7) is 6.26. The molecule has 0 aromatic carbocycles. The van der Waals surface area contributed by atoms with Crippen LogP contribution in [0.4, 0.5) is 0 Å². The summed E-state index contributed by atoms with van der Waals surface area (Å²) < 4.78 is 11.2. The minimum Gasteiger partial charge on any atom is -0.419 e. The molecule has 5 nitrogen and oxygen atoms in total. The van der Waals surface area contributed by atoms with Crippen molar-refractivity contribution >= 4 is 0 Å². The molecule has 2 heterocycles. The highest BCUT2D eigenvalue weighted by Crippen LogP contribution is 2.33. The molecule has 1 aliphatic rings. The maximum Gasteiger partial charge on any atom is 0.269 e. The third-order valence-electron chi connectivity index (χ3n) is 4.11. The zero-order valence-corrected chi connectivity index (χ0v) is 13.1. The second kappa shape index (κ2) is 5.62. The third kappa shape index (κ3) is 3.17. The Morgan fingerprint density at radius 3 is 2.38 bits per heavy atom. The van der Waals surface area contributed by atoms with Gasteiger partial charge >= 0.3 is 0 Å². The first-order valence-corrected chi connectivity index (χ1v) is 7.85. The summed E-state index contributed by atoms with van der Waals surface area (Å²) in [4.78, 5) is 0. The van der Waals surface area contributed by atoms with Crippen molar-refractivity contribution < 1.29 is 8.94 Å². The van der Waals surface area contributed by atoms with Crippen molar-refractivity contribution in [3.63, 3.8) is 0 Å². The van der Waals surface area contributed by atoms with E-state index in [2.05, 4.69) is 36.1 Å². The van der Waals surface area contributed by atoms with Crippen LogP contribution < -0.4 is 0 Å². The summed E-state index contributed by atoms with van der Waals surface area (Å²) in [7, 11) is 0. The van der Waals surface area contributed by atoms with Crippen LogP contribution in [0.5, 0.6) is 0 Å². The maximum atomic E-state index is 5.85. The molecule has 114 valence electrons. The molecule has 5 heteroatoms. The fourth-order valence-electron chi connectivity index (χ4n) is 2.76. The quantitative estimate of drug-likeness (QED) is 0.764. The molecule has 1 fully saturated rings. The fourth-order valence-corrected chi connectivity index (χ4v) is 2.76. The highest BCUT2D eigenvalue weighted by molar-refractivity contribution is 5.46. The van der Waals surface area contributed by atoms with Gasteiger partial charge in [0.2, 0.25) is 5.89 Å². The molecule has 0 bridgehead atoms. The molecule has 3 rings (SSSR count). The van der Waals surface area contributed by atoms with E-state index < -0.39 is 0 Å². The molecule has 0 radical (unpaired) electrons. The van der Waals surface area contributed by atoms with E-state index in [-0.39, 0.29) is 5.41 Å². The van der Waals surface area contributed by atoms with Gasteiger partial charge in [0.05, 0.1) is 0 Å². The van der Waals surface area contributed by atoms with Crippen molar-refractivity contribution in [2.45, 2.75) is 70.6 Å². The molecule has 0 spiro atoms. The van der Waals surface area contributed by atoms with E-state index in [1.807, 2.05) is 6.07 Å². The Labute approximate surface area is 125 Å². The molecule has 21 heavy (non-hydrogen) atoms. The van der Waals surface area contributed by atoms with Crippen molar-refractivity contribution in [3.8, 4) is 11.6 Å².